The molecule has 0 aromatic rings. The molecule has 2 aliphatic heterocycles. The zero-order valence-corrected chi connectivity index (χ0v) is 9.07. The van der Waals surface area contributed by atoms with Crippen LogP contribution in [0.5, 0.6) is 0 Å². The molecule has 4 heteroatoms. The van der Waals surface area contributed by atoms with Crippen LogP contribution < -0.4 is 0 Å². The zero-order chi connectivity index (χ0) is 10.1. The van der Waals surface area contributed by atoms with Crippen molar-refractivity contribution in [2.24, 2.45) is 5.92 Å². The summed E-state index contributed by atoms with van der Waals surface area (Å²) in [5.41, 5.74) is 0. The summed E-state index contributed by atoms with van der Waals surface area (Å²) < 4.78 is 0. The standard InChI is InChI=1S/C10H19N3O/c1-11-3-4-13(10(14)8-11)7-9-5-12(2)6-9/h9H,3-8H2,1-2H3. The summed E-state index contributed by atoms with van der Waals surface area (Å²) in [6.07, 6.45) is 0. The Balaban J connectivity index is 1.78. The number of hydrogen-bond donors (Lipinski definition) is 0. The Morgan fingerprint density at radius 1 is 1.21 bits per heavy atom. The predicted octanol–water partition coefficient (Wildman–Crippen LogP) is -0.678. The second-order valence-electron chi connectivity index (χ2n) is 4.66. The number of rotatable bonds is 2. The molecule has 0 radical (unpaired) electrons. The lowest BCUT2D eigenvalue weighted by molar-refractivity contribution is -0.136. The van der Waals surface area contributed by atoms with Crippen LogP contribution in [-0.4, -0.2) is 74.0 Å². The van der Waals surface area contributed by atoms with Gasteiger partial charge < -0.3 is 9.80 Å². The molecular formula is C10H19N3O. The first-order valence-corrected chi connectivity index (χ1v) is 5.30. The lowest BCUT2D eigenvalue weighted by Crippen LogP contribution is -2.55. The van der Waals surface area contributed by atoms with Gasteiger partial charge in [-0.1, -0.05) is 0 Å². The number of amides is 1. The molecule has 0 atom stereocenters. The van der Waals surface area contributed by atoms with E-state index in [-0.39, 0.29) is 0 Å². The highest BCUT2D eigenvalue weighted by molar-refractivity contribution is 5.79. The molecule has 0 aliphatic carbocycles. The van der Waals surface area contributed by atoms with Crippen LogP contribution in [0.3, 0.4) is 0 Å². The molecule has 0 saturated carbocycles. The van der Waals surface area contributed by atoms with Crippen molar-refractivity contribution in [1.82, 2.24) is 14.7 Å². The number of likely N-dealkylation sites (N-methyl/N-ethyl adjacent to an activating group) is 1. The van der Waals surface area contributed by atoms with Crippen LogP contribution in [0.2, 0.25) is 0 Å². The Hall–Kier alpha value is -0.610. The van der Waals surface area contributed by atoms with E-state index < -0.39 is 0 Å². The van der Waals surface area contributed by atoms with E-state index in [4.69, 9.17) is 0 Å². The van der Waals surface area contributed by atoms with Crippen LogP contribution in [0.1, 0.15) is 0 Å². The summed E-state index contributed by atoms with van der Waals surface area (Å²) in [6, 6.07) is 0. The summed E-state index contributed by atoms with van der Waals surface area (Å²) >= 11 is 0. The highest BCUT2D eigenvalue weighted by atomic mass is 16.2. The van der Waals surface area contributed by atoms with Crippen molar-refractivity contribution in [2.75, 3.05) is 53.4 Å². The van der Waals surface area contributed by atoms with Crippen LogP contribution in [0.25, 0.3) is 0 Å². The lowest BCUT2D eigenvalue weighted by Gasteiger charge is -2.41. The molecule has 2 fully saturated rings. The maximum absolute atomic E-state index is 11.6. The van der Waals surface area contributed by atoms with Crippen molar-refractivity contribution >= 4 is 5.91 Å². The second kappa shape index (κ2) is 3.87. The van der Waals surface area contributed by atoms with E-state index in [9.17, 15) is 4.79 Å². The Bertz CT molecular complexity index is 225. The molecule has 4 nitrogen and oxygen atoms in total. The van der Waals surface area contributed by atoms with Gasteiger partial charge in [-0.25, -0.2) is 0 Å². The predicted molar refractivity (Wildman–Crippen MR) is 55.1 cm³/mol. The van der Waals surface area contributed by atoms with Gasteiger partial charge in [0.2, 0.25) is 5.91 Å². The summed E-state index contributed by atoms with van der Waals surface area (Å²) in [5, 5.41) is 0. The monoisotopic (exact) mass is 197 g/mol. The van der Waals surface area contributed by atoms with Crippen molar-refractivity contribution in [3.05, 3.63) is 0 Å². The average molecular weight is 197 g/mol. The average Bonchev–Trinajstić information content (AvgIpc) is 2.06. The van der Waals surface area contributed by atoms with Gasteiger partial charge in [-0.15, -0.1) is 0 Å². The van der Waals surface area contributed by atoms with Gasteiger partial charge in [0, 0.05) is 38.6 Å². The molecule has 0 aromatic carbocycles. The summed E-state index contributed by atoms with van der Waals surface area (Å²) in [7, 11) is 4.13. The molecule has 0 N–H and O–H groups in total. The van der Waals surface area contributed by atoms with Gasteiger partial charge in [-0.3, -0.25) is 9.69 Å². The number of nitrogens with zero attached hydrogens (tertiary/aromatic N) is 3. The Labute approximate surface area is 85.5 Å². The van der Waals surface area contributed by atoms with E-state index in [2.05, 4.69) is 16.8 Å². The van der Waals surface area contributed by atoms with Gasteiger partial charge in [-0.2, -0.15) is 0 Å². The van der Waals surface area contributed by atoms with E-state index in [1.165, 1.54) is 0 Å². The Morgan fingerprint density at radius 2 is 1.93 bits per heavy atom. The van der Waals surface area contributed by atoms with Crippen molar-refractivity contribution < 1.29 is 4.79 Å². The van der Waals surface area contributed by atoms with E-state index in [1.54, 1.807) is 0 Å². The van der Waals surface area contributed by atoms with E-state index in [0.29, 0.717) is 18.4 Å². The second-order valence-corrected chi connectivity index (χ2v) is 4.66. The van der Waals surface area contributed by atoms with Gasteiger partial charge in [0.15, 0.2) is 0 Å². The number of piperazine rings is 1. The number of carbonyl (C=O) groups excluding carboxylic acids is 1. The van der Waals surface area contributed by atoms with Gasteiger partial charge in [-0.05, 0) is 14.1 Å². The number of hydrogen-bond acceptors (Lipinski definition) is 3. The SMILES string of the molecule is CN1CCN(CC2CN(C)C2)C(=O)C1. The van der Waals surface area contributed by atoms with Gasteiger partial charge in [0.25, 0.3) is 0 Å². The molecule has 2 heterocycles. The molecular weight excluding hydrogens is 178 g/mol. The van der Waals surface area contributed by atoms with Crippen LogP contribution in [-0.2, 0) is 4.79 Å². The molecule has 1 amide bonds. The fourth-order valence-corrected chi connectivity index (χ4v) is 2.27. The molecule has 0 spiro atoms. The first kappa shape index (κ1) is 9.93. The zero-order valence-electron chi connectivity index (χ0n) is 9.07. The molecule has 2 aliphatic rings. The molecule has 80 valence electrons. The first-order valence-electron chi connectivity index (χ1n) is 5.30. The summed E-state index contributed by atoms with van der Waals surface area (Å²) in [4.78, 5) is 18.0. The van der Waals surface area contributed by atoms with Gasteiger partial charge in [0.05, 0.1) is 6.54 Å². The minimum absolute atomic E-state index is 0.299. The summed E-state index contributed by atoms with van der Waals surface area (Å²) in [6.45, 7) is 5.81. The Morgan fingerprint density at radius 3 is 2.50 bits per heavy atom. The smallest absolute Gasteiger partial charge is 0.236 e. The molecule has 2 saturated heterocycles. The molecule has 14 heavy (non-hydrogen) atoms. The fourth-order valence-electron chi connectivity index (χ4n) is 2.27. The van der Waals surface area contributed by atoms with Crippen molar-refractivity contribution in [3.63, 3.8) is 0 Å². The van der Waals surface area contributed by atoms with Crippen molar-refractivity contribution in [2.45, 2.75) is 0 Å². The molecule has 2 rings (SSSR count). The third-order valence-corrected chi connectivity index (χ3v) is 3.13. The number of carbonyl (C=O) groups is 1. The van der Waals surface area contributed by atoms with Crippen molar-refractivity contribution in [1.29, 1.82) is 0 Å². The maximum Gasteiger partial charge on any atom is 0.236 e. The van der Waals surface area contributed by atoms with Crippen LogP contribution in [0, 0.1) is 5.92 Å². The normalized spacial score (nSPS) is 26.7. The van der Waals surface area contributed by atoms with E-state index >= 15 is 0 Å². The maximum atomic E-state index is 11.6. The minimum Gasteiger partial charge on any atom is -0.340 e. The third kappa shape index (κ3) is 2.07. The topological polar surface area (TPSA) is 26.8 Å². The van der Waals surface area contributed by atoms with E-state index in [1.807, 2.05) is 11.9 Å². The van der Waals surface area contributed by atoms with Crippen molar-refractivity contribution in [3.8, 4) is 0 Å². The van der Waals surface area contributed by atoms with Crippen LogP contribution in [0.15, 0.2) is 0 Å². The molecule has 0 bridgehead atoms. The highest BCUT2D eigenvalue weighted by Crippen LogP contribution is 2.15. The van der Waals surface area contributed by atoms with Crippen LogP contribution in [0.4, 0.5) is 0 Å². The quantitative estimate of drug-likeness (QED) is 0.587. The highest BCUT2D eigenvalue weighted by Gasteiger charge is 2.29. The molecule has 0 unspecified atom stereocenters. The Kier molecular flexibility index (Phi) is 2.74. The van der Waals surface area contributed by atoms with Crippen LogP contribution >= 0.6 is 0 Å². The van der Waals surface area contributed by atoms with Gasteiger partial charge in [0.1, 0.15) is 0 Å². The summed E-state index contributed by atoms with van der Waals surface area (Å²) in [5.74, 6) is 1.01. The largest absolute Gasteiger partial charge is 0.340 e. The van der Waals surface area contributed by atoms with Gasteiger partial charge >= 0.3 is 0 Å². The minimum atomic E-state index is 0.299. The van der Waals surface area contributed by atoms with E-state index in [0.717, 1.165) is 32.7 Å². The third-order valence-electron chi connectivity index (χ3n) is 3.13. The fraction of sp³-hybridized carbons (Fsp3) is 0.900. The number of likely N-dealkylation sites (tertiary alicyclic amines) is 1. The first-order chi connectivity index (χ1) is 6.65. The lowest BCUT2D eigenvalue weighted by atomic mass is 10.0. The molecule has 0 aromatic heterocycles.